The Morgan fingerprint density at radius 1 is 1.12 bits per heavy atom. The Bertz CT molecular complexity index is 419. The van der Waals surface area contributed by atoms with Crippen molar-refractivity contribution in [3.63, 3.8) is 0 Å². The molecule has 0 saturated carbocycles. The first-order valence-corrected chi connectivity index (χ1v) is 5.45. The lowest BCUT2D eigenvalue weighted by Gasteiger charge is -2.11. The van der Waals surface area contributed by atoms with Crippen LogP contribution in [-0.2, 0) is 0 Å². The van der Waals surface area contributed by atoms with Crippen LogP contribution in [0.4, 0.5) is 0 Å². The van der Waals surface area contributed by atoms with Crippen molar-refractivity contribution in [2.24, 2.45) is 0 Å². The van der Waals surface area contributed by atoms with E-state index >= 15 is 0 Å². The van der Waals surface area contributed by atoms with E-state index in [0.717, 1.165) is 16.3 Å². The molecule has 1 N–H and O–H groups in total. The van der Waals surface area contributed by atoms with E-state index in [9.17, 15) is 0 Å². The van der Waals surface area contributed by atoms with Crippen LogP contribution < -0.4 is 0 Å². The molecule has 0 aliphatic carbocycles. The Morgan fingerprint density at radius 3 is 2.38 bits per heavy atom. The maximum absolute atomic E-state index is 9.17. The van der Waals surface area contributed by atoms with Crippen LogP contribution in [0.25, 0.3) is 0 Å². The van der Waals surface area contributed by atoms with Gasteiger partial charge in [0.1, 0.15) is 5.75 Å². The highest BCUT2D eigenvalue weighted by Gasteiger charge is 2.09. The number of halogens is 1. The SMILES string of the molecule is CC(c1ccc(Cl)cc1)c1ccc(O)cn1. The molecule has 2 nitrogen and oxygen atoms in total. The Labute approximate surface area is 99.5 Å². The molecule has 1 atom stereocenters. The van der Waals surface area contributed by atoms with Gasteiger partial charge >= 0.3 is 0 Å². The van der Waals surface area contributed by atoms with Gasteiger partial charge in [-0.25, -0.2) is 0 Å². The summed E-state index contributed by atoms with van der Waals surface area (Å²) in [6.45, 7) is 2.07. The minimum atomic E-state index is 0.187. The molecule has 2 rings (SSSR count). The number of rotatable bonds is 2. The van der Waals surface area contributed by atoms with E-state index in [2.05, 4.69) is 11.9 Å². The fraction of sp³-hybridized carbons (Fsp3) is 0.154. The van der Waals surface area contributed by atoms with Crippen LogP contribution in [0, 0.1) is 0 Å². The molecule has 82 valence electrons. The minimum Gasteiger partial charge on any atom is -0.506 e. The molecule has 0 bridgehead atoms. The molecule has 0 radical (unpaired) electrons. The quantitative estimate of drug-likeness (QED) is 0.860. The molecule has 16 heavy (non-hydrogen) atoms. The van der Waals surface area contributed by atoms with Gasteiger partial charge in [0.2, 0.25) is 0 Å². The summed E-state index contributed by atoms with van der Waals surface area (Å²) in [4.78, 5) is 4.19. The molecular formula is C13H12ClNO. The van der Waals surface area contributed by atoms with Gasteiger partial charge in [0.15, 0.2) is 0 Å². The summed E-state index contributed by atoms with van der Waals surface area (Å²) in [6, 6.07) is 11.2. The lowest BCUT2D eigenvalue weighted by atomic mass is 9.97. The minimum absolute atomic E-state index is 0.187. The van der Waals surface area contributed by atoms with Crippen LogP contribution in [-0.4, -0.2) is 10.1 Å². The molecular weight excluding hydrogens is 222 g/mol. The fourth-order valence-corrected chi connectivity index (χ4v) is 1.70. The second kappa shape index (κ2) is 4.54. The molecule has 0 saturated heterocycles. The van der Waals surface area contributed by atoms with Crippen molar-refractivity contribution in [2.45, 2.75) is 12.8 Å². The third-order valence-electron chi connectivity index (χ3n) is 2.58. The van der Waals surface area contributed by atoms with E-state index in [4.69, 9.17) is 16.7 Å². The summed E-state index contributed by atoms with van der Waals surface area (Å²) in [7, 11) is 0. The summed E-state index contributed by atoms with van der Waals surface area (Å²) in [6.07, 6.45) is 1.46. The summed E-state index contributed by atoms with van der Waals surface area (Å²) in [5.41, 5.74) is 2.09. The maximum Gasteiger partial charge on any atom is 0.133 e. The molecule has 3 heteroatoms. The van der Waals surface area contributed by atoms with E-state index < -0.39 is 0 Å². The molecule has 1 unspecified atom stereocenters. The Balaban J connectivity index is 2.28. The molecule has 0 aliphatic heterocycles. The van der Waals surface area contributed by atoms with Gasteiger partial charge in [-0.2, -0.15) is 0 Å². The molecule has 0 aliphatic rings. The van der Waals surface area contributed by atoms with Crippen molar-refractivity contribution in [2.75, 3.05) is 0 Å². The number of nitrogens with zero attached hydrogens (tertiary/aromatic N) is 1. The molecule has 0 spiro atoms. The smallest absolute Gasteiger partial charge is 0.133 e. The fourth-order valence-electron chi connectivity index (χ4n) is 1.58. The van der Waals surface area contributed by atoms with Crippen molar-refractivity contribution in [3.8, 4) is 5.75 Å². The summed E-state index contributed by atoms with van der Waals surface area (Å²) < 4.78 is 0. The van der Waals surface area contributed by atoms with Gasteiger partial charge in [-0.3, -0.25) is 4.98 Å². The maximum atomic E-state index is 9.17. The van der Waals surface area contributed by atoms with Gasteiger partial charge in [0.25, 0.3) is 0 Å². The third kappa shape index (κ3) is 2.34. The van der Waals surface area contributed by atoms with Gasteiger partial charge < -0.3 is 5.11 Å². The predicted molar refractivity (Wildman–Crippen MR) is 64.9 cm³/mol. The van der Waals surface area contributed by atoms with E-state index in [1.807, 2.05) is 30.3 Å². The first kappa shape index (κ1) is 11.0. The number of pyridine rings is 1. The summed E-state index contributed by atoms with van der Waals surface area (Å²) in [5.74, 6) is 0.380. The van der Waals surface area contributed by atoms with Crippen LogP contribution in [0.2, 0.25) is 5.02 Å². The van der Waals surface area contributed by atoms with Crippen LogP contribution in [0.3, 0.4) is 0 Å². The zero-order valence-corrected chi connectivity index (χ0v) is 9.65. The van der Waals surface area contributed by atoms with Crippen molar-refractivity contribution in [3.05, 3.63) is 58.9 Å². The monoisotopic (exact) mass is 233 g/mol. The van der Waals surface area contributed by atoms with Crippen LogP contribution in [0.1, 0.15) is 24.1 Å². The molecule has 1 aromatic carbocycles. The van der Waals surface area contributed by atoms with Gasteiger partial charge in [0.05, 0.1) is 6.20 Å². The number of benzene rings is 1. The number of hydrogen-bond donors (Lipinski definition) is 1. The van der Waals surface area contributed by atoms with Crippen molar-refractivity contribution >= 4 is 11.6 Å². The normalized spacial score (nSPS) is 12.4. The molecule has 0 amide bonds. The molecule has 2 aromatic rings. The van der Waals surface area contributed by atoms with Crippen LogP contribution >= 0.6 is 11.6 Å². The van der Waals surface area contributed by atoms with Gasteiger partial charge in [0, 0.05) is 16.6 Å². The summed E-state index contributed by atoms with van der Waals surface area (Å²) >= 11 is 5.83. The number of aromatic hydroxyl groups is 1. The van der Waals surface area contributed by atoms with Gasteiger partial charge in [-0.1, -0.05) is 30.7 Å². The second-order valence-electron chi connectivity index (χ2n) is 3.71. The Kier molecular flexibility index (Phi) is 3.11. The van der Waals surface area contributed by atoms with Crippen LogP contribution in [0.5, 0.6) is 5.75 Å². The topological polar surface area (TPSA) is 33.1 Å². The molecule has 1 heterocycles. The zero-order valence-electron chi connectivity index (χ0n) is 8.89. The van der Waals surface area contributed by atoms with Crippen molar-refractivity contribution < 1.29 is 5.11 Å². The zero-order chi connectivity index (χ0) is 11.5. The molecule has 1 aromatic heterocycles. The highest BCUT2D eigenvalue weighted by atomic mass is 35.5. The first-order chi connectivity index (χ1) is 7.66. The van der Waals surface area contributed by atoms with E-state index in [0.29, 0.717) is 0 Å². The average Bonchev–Trinajstić information content (AvgIpc) is 2.30. The van der Waals surface area contributed by atoms with Crippen molar-refractivity contribution in [1.82, 2.24) is 4.98 Å². The Morgan fingerprint density at radius 2 is 1.81 bits per heavy atom. The predicted octanol–water partition coefficient (Wildman–Crippen LogP) is 3.59. The second-order valence-corrected chi connectivity index (χ2v) is 4.15. The summed E-state index contributed by atoms with van der Waals surface area (Å²) in [5, 5.41) is 9.90. The average molecular weight is 234 g/mol. The third-order valence-corrected chi connectivity index (χ3v) is 2.84. The van der Waals surface area contributed by atoms with Gasteiger partial charge in [-0.05, 0) is 29.8 Å². The van der Waals surface area contributed by atoms with E-state index in [1.165, 1.54) is 6.20 Å². The van der Waals surface area contributed by atoms with E-state index in [1.54, 1.807) is 6.07 Å². The Hall–Kier alpha value is -1.54. The lowest BCUT2D eigenvalue weighted by molar-refractivity contribution is 0.472. The van der Waals surface area contributed by atoms with Gasteiger partial charge in [-0.15, -0.1) is 0 Å². The standard InChI is InChI=1S/C13H12ClNO/c1-9(10-2-4-11(14)5-3-10)13-7-6-12(16)8-15-13/h2-9,16H,1H3. The molecule has 0 fully saturated rings. The number of aromatic nitrogens is 1. The highest BCUT2D eigenvalue weighted by molar-refractivity contribution is 6.30. The lowest BCUT2D eigenvalue weighted by Crippen LogP contribution is -1.98. The van der Waals surface area contributed by atoms with E-state index in [-0.39, 0.29) is 11.7 Å². The highest BCUT2D eigenvalue weighted by Crippen LogP contribution is 2.24. The van der Waals surface area contributed by atoms with Crippen LogP contribution in [0.15, 0.2) is 42.6 Å². The largest absolute Gasteiger partial charge is 0.506 e. The first-order valence-electron chi connectivity index (χ1n) is 5.07. The number of hydrogen-bond acceptors (Lipinski definition) is 2. The van der Waals surface area contributed by atoms with Crippen molar-refractivity contribution in [1.29, 1.82) is 0 Å².